The molecule has 4 nitrogen and oxygen atoms in total. The van der Waals surface area contributed by atoms with E-state index in [0.717, 1.165) is 39.1 Å². The predicted molar refractivity (Wildman–Crippen MR) is 86.8 cm³/mol. The summed E-state index contributed by atoms with van der Waals surface area (Å²) in [5, 5.41) is 1.19. The van der Waals surface area contributed by atoms with Crippen LogP contribution in [0.4, 0.5) is 0 Å². The molecule has 1 aromatic carbocycles. The van der Waals surface area contributed by atoms with Gasteiger partial charge in [0, 0.05) is 32.7 Å². The highest BCUT2D eigenvalue weighted by Gasteiger charge is 2.22. The van der Waals surface area contributed by atoms with Gasteiger partial charge in [-0.05, 0) is 31.0 Å². The van der Waals surface area contributed by atoms with Crippen molar-refractivity contribution in [2.75, 3.05) is 32.7 Å². The summed E-state index contributed by atoms with van der Waals surface area (Å²) in [4.78, 5) is 16.0. The van der Waals surface area contributed by atoms with Gasteiger partial charge in [-0.2, -0.15) is 0 Å². The number of halogens is 2. The van der Waals surface area contributed by atoms with E-state index in [1.54, 1.807) is 6.92 Å². The van der Waals surface area contributed by atoms with Crippen LogP contribution in [0, 0.1) is 0 Å². The van der Waals surface area contributed by atoms with E-state index in [-0.39, 0.29) is 5.91 Å². The van der Waals surface area contributed by atoms with E-state index < -0.39 is 6.04 Å². The van der Waals surface area contributed by atoms with Crippen LogP contribution in [0.25, 0.3) is 0 Å². The van der Waals surface area contributed by atoms with Crippen molar-refractivity contribution in [1.82, 2.24) is 9.80 Å². The first-order valence-corrected chi connectivity index (χ1v) is 7.93. The average Bonchev–Trinajstić information content (AvgIpc) is 2.48. The molecular weight excluding hydrogens is 309 g/mol. The number of nitrogens with zero attached hydrogens (tertiary/aromatic N) is 2. The molecule has 0 aromatic heterocycles. The zero-order valence-corrected chi connectivity index (χ0v) is 13.7. The van der Waals surface area contributed by atoms with E-state index in [0.29, 0.717) is 10.0 Å². The van der Waals surface area contributed by atoms with E-state index in [9.17, 15) is 4.79 Å². The van der Waals surface area contributed by atoms with Crippen molar-refractivity contribution in [3.63, 3.8) is 0 Å². The lowest BCUT2D eigenvalue weighted by Gasteiger charge is -2.35. The van der Waals surface area contributed by atoms with E-state index in [1.165, 1.54) is 5.56 Å². The minimum absolute atomic E-state index is 0.0409. The molecule has 21 heavy (non-hydrogen) atoms. The molecule has 1 aliphatic heterocycles. The first-order chi connectivity index (χ1) is 9.97. The molecule has 116 valence electrons. The summed E-state index contributed by atoms with van der Waals surface area (Å²) in [6, 6.07) is 5.34. The second-order valence-corrected chi connectivity index (χ2v) is 6.27. The lowest BCUT2D eigenvalue weighted by molar-refractivity contribution is -0.133. The number of piperazine rings is 1. The van der Waals surface area contributed by atoms with Crippen molar-refractivity contribution in [3.05, 3.63) is 33.8 Å². The molecule has 2 N–H and O–H groups in total. The minimum Gasteiger partial charge on any atom is -0.339 e. The number of amides is 1. The van der Waals surface area contributed by atoms with Crippen LogP contribution in [0.3, 0.4) is 0 Å². The summed E-state index contributed by atoms with van der Waals surface area (Å²) in [5.41, 5.74) is 6.81. The van der Waals surface area contributed by atoms with Crippen molar-refractivity contribution < 1.29 is 4.79 Å². The fourth-order valence-corrected chi connectivity index (χ4v) is 2.78. The molecule has 1 fully saturated rings. The van der Waals surface area contributed by atoms with Gasteiger partial charge in [-0.25, -0.2) is 0 Å². The summed E-state index contributed by atoms with van der Waals surface area (Å²) in [7, 11) is 0. The number of benzene rings is 1. The molecule has 1 aromatic rings. The predicted octanol–water partition coefficient (Wildman–Crippen LogP) is 2.03. The van der Waals surface area contributed by atoms with E-state index in [1.807, 2.05) is 23.1 Å². The Kier molecular flexibility index (Phi) is 5.88. The molecule has 0 bridgehead atoms. The fraction of sp³-hybridized carbons (Fsp3) is 0.533. The van der Waals surface area contributed by atoms with Gasteiger partial charge in [-0.15, -0.1) is 0 Å². The minimum atomic E-state index is -0.409. The van der Waals surface area contributed by atoms with Gasteiger partial charge >= 0.3 is 0 Å². The topological polar surface area (TPSA) is 49.6 Å². The molecule has 0 spiro atoms. The van der Waals surface area contributed by atoms with Crippen LogP contribution in [0.5, 0.6) is 0 Å². The zero-order chi connectivity index (χ0) is 15.4. The summed E-state index contributed by atoms with van der Waals surface area (Å²) in [6.45, 7) is 5.97. The van der Waals surface area contributed by atoms with Crippen molar-refractivity contribution in [1.29, 1.82) is 0 Å². The molecule has 6 heteroatoms. The Morgan fingerprint density at radius 2 is 1.90 bits per heavy atom. The standard InChI is InChI=1S/C15H21Cl2N3O/c1-11(18)15(21)20-8-6-19(7-9-20)5-4-12-2-3-13(16)14(17)10-12/h2-3,10-11H,4-9,18H2,1H3. The van der Waals surface area contributed by atoms with Crippen LogP contribution in [-0.4, -0.2) is 54.5 Å². The quantitative estimate of drug-likeness (QED) is 0.919. The van der Waals surface area contributed by atoms with Crippen LogP contribution >= 0.6 is 23.2 Å². The smallest absolute Gasteiger partial charge is 0.239 e. The first-order valence-electron chi connectivity index (χ1n) is 7.18. The van der Waals surface area contributed by atoms with Gasteiger partial charge < -0.3 is 10.6 Å². The maximum atomic E-state index is 11.8. The third kappa shape index (κ3) is 4.58. The van der Waals surface area contributed by atoms with Crippen LogP contribution in [-0.2, 0) is 11.2 Å². The molecule has 1 amide bonds. The number of carbonyl (C=O) groups is 1. The lowest BCUT2D eigenvalue weighted by Crippen LogP contribution is -2.52. The van der Waals surface area contributed by atoms with Crippen molar-refractivity contribution in [2.45, 2.75) is 19.4 Å². The van der Waals surface area contributed by atoms with Gasteiger partial charge in [0.05, 0.1) is 16.1 Å². The molecule has 0 aliphatic carbocycles. The van der Waals surface area contributed by atoms with E-state index in [4.69, 9.17) is 28.9 Å². The molecule has 1 aliphatic rings. The summed E-state index contributed by atoms with van der Waals surface area (Å²) in [6.07, 6.45) is 0.929. The molecule has 2 rings (SSSR count). The van der Waals surface area contributed by atoms with Gasteiger partial charge in [0.25, 0.3) is 0 Å². The second kappa shape index (κ2) is 7.45. The van der Waals surface area contributed by atoms with Crippen LogP contribution in [0.2, 0.25) is 10.0 Å². The molecular formula is C15H21Cl2N3O. The van der Waals surface area contributed by atoms with Gasteiger partial charge in [0.15, 0.2) is 0 Å². The van der Waals surface area contributed by atoms with Crippen LogP contribution in [0.15, 0.2) is 18.2 Å². The fourth-order valence-electron chi connectivity index (χ4n) is 2.46. The number of carbonyl (C=O) groups excluding carboxylic acids is 1. The highest BCUT2D eigenvalue weighted by Crippen LogP contribution is 2.22. The third-order valence-electron chi connectivity index (χ3n) is 3.77. The Bertz CT molecular complexity index is 500. The van der Waals surface area contributed by atoms with Crippen molar-refractivity contribution in [3.8, 4) is 0 Å². The normalized spacial score (nSPS) is 17.8. The Hall–Kier alpha value is -0.810. The Labute approximate surface area is 135 Å². The Morgan fingerprint density at radius 1 is 1.24 bits per heavy atom. The van der Waals surface area contributed by atoms with E-state index >= 15 is 0 Å². The first kappa shape index (κ1) is 16.6. The van der Waals surface area contributed by atoms with Gasteiger partial charge in [0.2, 0.25) is 5.91 Å². The number of hydrogen-bond acceptors (Lipinski definition) is 3. The zero-order valence-electron chi connectivity index (χ0n) is 12.2. The molecule has 0 saturated carbocycles. The molecule has 1 heterocycles. The van der Waals surface area contributed by atoms with Gasteiger partial charge in [-0.3, -0.25) is 9.69 Å². The van der Waals surface area contributed by atoms with Crippen LogP contribution in [0.1, 0.15) is 12.5 Å². The lowest BCUT2D eigenvalue weighted by atomic mass is 10.1. The molecule has 1 unspecified atom stereocenters. The monoisotopic (exact) mass is 329 g/mol. The van der Waals surface area contributed by atoms with Crippen molar-refractivity contribution in [2.24, 2.45) is 5.73 Å². The maximum absolute atomic E-state index is 11.8. The van der Waals surface area contributed by atoms with Gasteiger partial charge in [0.1, 0.15) is 0 Å². The van der Waals surface area contributed by atoms with E-state index in [2.05, 4.69) is 4.90 Å². The average molecular weight is 330 g/mol. The number of hydrogen-bond donors (Lipinski definition) is 1. The second-order valence-electron chi connectivity index (χ2n) is 5.45. The van der Waals surface area contributed by atoms with Crippen molar-refractivity contribution >= 4 is 29.1 Å². The third-order valence-corrected chi connectivity index (χ3v) is 4.51. The highest BCUT2D eigenvalue weighted by molar-refractivity contribution is 6.42. The molecule has 1 saturated heterocycles. The Balaban J connectivity index is 1.78. The molecule has 0 radical (unpaired) electrons. The highest BCUT2D eigenvalue weighted by atomic mass is 35.5. The maximum Gasteiger partial charge on any atom is 0.239 e. The summed E-state index contributed by atoms with van der Waals surface area (Å²) < 4.78 is 0. The summed E-state index contributed by atoms with van der Waals surface area (Å²) >= 11 is 11.9. The number of nitrogens with two attached hydrogens (primary N) is 1. The van der Waals surface area contributed by atoms with Gasteiger partial charge in [-0.1, -0.05) is 29.3 Å². The largest absolute Gasteiger partial charge is 0.339 e. The Morgan fingerprint density at radius 3 is 2.48 bits per heavy atom. The summed E-state index contributed by atoms with van der Waals surface area (Å²) in [5.74, 6) is 0.0409. The van der Waals surface area contributed by atoms with Crippen LogP contribution < -0.4 is 5.73 Å². The number of rotatable bonds is 4. The molecule has 1 atom stereocenters. The SMILES string of the molecule is CC(N)C(=O)N1CCN(CCc2ccc(Cl)c(Cl)c2)CC1.